The summed E-state index contributed by atoms with van der Waals surface area (Å²) in [7, 11) is 3.86. The summed E-state index contributed by atoms with van der Waals surface area (Å²) in [6.07, 6.45) is 6.43. The van der Waals surface area contributed by atoms with Gasteiger partial charge in [0.15, 0.2) is 5.96 Å². The van der Waals surface area contributed by atoms with E-state index in [0.29, 0.717) is 11.8 Å². The SMILES string of the molecule is CN=C(NCC(C)c1ccsc1)N1CCC(Cc2cnn(C)c2)C1.I. The molecule has 7 heteroatoms. The minimum absolute atomic E-state index is 0. The van der Waals surface area contributed by atoms with E-state index in [-0.39, 0.29) is 24.0 Å². The van der Waals surface area contributed by atoms with Crippen molar-refractivity contribution in [2.75, 3.05) is 26.7 Å². The molecule has 0 spiro atoms. The van der Waals surface area contributed by atoms with Gasteiger partial charge in [0, 0.05) is 39.9 Å². The molecule has 0 saturated carbocycles. The quantitative estimate of drug-likeness (QED) is 0.412. The van der Waals surface area contributed by atoms with E-state index in [0.717, 1.165) is 32.0 Å². The van der Waals surface area contributed by atoms with Crippen molar-refractivity contribution in [2.45, 2.75) is 25.7 Å². The van der Waals surface area contributed by atoms with Gasteiger partial charge in [-0.05, 0) is 52.6 Å². The van der Waals surface area contributed by atoms with E-state index >= 15 is 0 Å². The number of hydrogen-bond acceptors (Lipinski definition) is 3. The summed E-state index contributed by atoms with van der Waals surface area (Å²) in [5.74, 6) is 2.22. The number of nitrogens with zero attached hydrogens (tertiary/aromatic N) is 4. The molecule has 0 aromatic carbocycles. The molecule has 0 radical (unpaired) electrons. The Labute approximate surface area is 171 Å². The fourth-order valence-electron chi connectivity index (χ4n) is 3.35. The number of nitrogens with one attached hydrogen (secondary N) is 1. The highest BCUT2D eigenvalue weighted by molar-refractivity contribution is 14.0. The zero-order valence-corrected chi connectivity index (χ0v) is 18.3. The fourth-order valence-corrected chi connectivity index (χ4v) is 4.13. The number of aliphatic imine (C=N–C) groups is 1. The first-order valence-corrected chi connectivity index (χ1v) is 9.55. The normalized spacial score (nSPS) is 18.9. The van der Waals surface area contributed by atoms with Crippen LogP contribution in [0.4, 0.5) is 0 Å². The summed E-state index contributed by atoms with van der Waals surface area (Å²) in [6, 6.07) is 2.21. The highest BCUT2D eigenvalue weighted by Crippen LogP contribution is 2.21. The lowest BCUT2D eigenvalue weighted by atomic mass is 10.0. The van der Waals surface area contributed by atoms with Crippen molar-refractivity contribution in [3.63, 3.8) is 0 Å². The van der Waals surface area contributed by atoms with Gasteiger partial charge >= 0.3 is 0 Å². The molecule has 2 atom stereocenters. The summed E-state index contributed by atoms with van der Waals surface area (Å²) in [5, 5.41) is 12.2. The number of halogens is 1. The van der Waals surface area contributed by atoms with Crippen LogP contribution in [0, 0.1) is 5.92 Å². The number of aryl methyl sites for hydroxylation is 1. The molecule has 138 valence electrons. The average Bonchev–Trinajstić information content (AvgIpc) is 3.31. The van der Waals surface area contributed by atoms with Crippen LogP contribution in [0.5, 0.6) is 0 Å². The van der Waals surface area contributed by atoms with Crippen molar-refractivity contribution in [3.8, 4) is 0 Å². The fraction of sp³-hybridized carbons (Fsp3) is 0.556. The Morgan fingerprint density at radius 1 is 1.52 bits per heavy atom. The van der Waals surface area contributed by atoms with Crippen molar-refractivity contribution in [2.24, 2.45) is 18.0 Å². The van der Waals surface area contributed by atoms with Gasteiger partial charge in [-0.2, -0.15) is 16.4 Å². The predicted octanol–water partition coefficient (Wildman–Crippen LogP) is 3.34. The van der Waals surface area contributed by atoms with Crippen LogP contribution in [-0.4, -0.2) is 47.3 Å². The topological polar surface area (TPSA) is 45.5 Å². The summed E-state index contributed by atoms with van der Waals surface area (Å²) in [6.45, 7) is 5.34. The van der Waals surface area contributed by atoms with Crippen LogP contribution in [0.1, 0.15) is 30.4 Å². The molecule has 1 saturated heterocycles. The second-order valence-electron chi connectivity index (χ2n) is 6.71. The maximum atomic E-state index is 4.49. The number of likely N-dealkylation sites (tertiary alicyclic amines) is 1. The monoisotopic (exact) mass is 473 g/mol. The van der Waals surface area contributed by atoms with Crippen LogP contribution in [0.15, 0.2) is 34.2 Å². The highest BCUT2D eigenvalue weighted by atomic mass is 127. The summed E-state index contributed by atoms with van der Waals surface area (Å²) in [4.78, 5) is 6.88. The molecular formula is C18H28IN5S. The Morgan fingerprint density at radius 3 is 3.00 bits per heavy atom. The lowest BCUT2D eigenvalue weighted by Crippen LogP contribution is -2.41. The first kappa shape index (κ1) is 20.2. The maximum Gasteiger partial charge on any atom is 0.193 e. The third-order valence-electron chi connectivity index (χ3n) is 4.76. The molecule has 0 bridgehead atoms. The Kier molecular flexibility index (Phi) is 7.74. The van der Waals surface area contributed by atoms with Crippen molar-refractivity contribution in [1.82, 2.24) is 20.0 Å². The van der Waals surface area contributed by atoms with Gasteiger partial charge in [-0.1, -0.05) is 6.92 Å². The molecule has 1 fully saturated rings. The van der Waals surface area contributed by atoms with Crippen LogP contribution < -0.4 is 5.32 Å². The largest absolute Gasteiger partial charge is 0.356 e. The number of hydrogen-bond donors (Lipinski definition) is 1. The molecule has 5 nitrogen and oxygen atoms in total. The van der Waals surface area contributed by atoms with E-state index in [2.05, 4.69) is 50.3 Å². The second kappa shape index (κ2) is 9.56. The Morgan fingerprint density at radius 2 is 2.36 bits per heavy atom. The van der Waals surface area contributed by atoms with Crippen LogP contribution >= 0.6 is 35.3 Å². The van der Waals surface area contributed by atoms with Crippen molar-refractivity contribution in [3.05, 3.63) is 40.3 Å². The van der Waals surface area contributed by atoms with E-state index in [9.17, 15) is 0 Å². The van der Waals surface area contributed by atoms with Gasteiger partial charge in [0.2, 0.25) is 0 Å². The lowest BCUT2D eigenvalue weighted by molar-refractivity contribution is 0.457. The third-order valence-corrected chi connectivity index (χ3v) is 5.46. The molecular weight excluding hydrogens is 445 g/mol. The zero-order valence-electron chi connectivity index (χ0n) is 15.2. The molecule has 2 aromatic rings. The smallest absolute Gasteiger partial charge is 0.193 e. The van der Waals surface area contributed by atoms with Crippen molar-refractivity contribution in [1.29, 1.82) is 0 Å². The Bertz CT molecular complexity index is 667. The van der Waals surface area contributed by atoms with Gasteiger partial charge in [0.1, 0.15) is 0 Å². The number of guanidine groups is 1. The van der Waals surface area contributed by atoms with Crippen LogP contribution in [-0.2, 0) is 13.5 Å². The van der Waals surface area contributed by atoms with Gasteiger partial charge in [0.05, 0.1) is 6.20 Å². The minimum Gasteiger partial charge on any atom is -0.356 e. The molecule has 3 heterocycles. The van der Waals surface area contributed by atoms with E-state index in [1.165, 1.54) is 17.5 Å². The molecule has 3 rings (SSSR count). The van der Waals surface area contributed by atoms with Crippen molar-refractivity contribution >= 4 is 41.3 Å². The van der Waals surface area contributed by atoms with Gasteiger partial charge in [-0.15, -0.1) is 24.0 Å². The number of rotatable bonds is 5. The van der Waals surface area contributed by atoms with E-state index in [1.54, 1.807) is 11.3 Å². The first-order valence-electron chi connectivity index (χ1n) is 8.61. The maximum absolute atomic E-state index is 4.49. The predicted molar refractivity (Wildman–Crippen MR) is 116 cm³/mol. The van der Waals surface area contributed by atoms with Crippen LogP contribution in [0.2, 0.25) is 0 Å². The third kappa shape index (κ3) is 5.44. The summed E-state index contributed by atoms with van der Waals surface area (Å²) in [5.41, 5.74) is 2.73. The first-order chi connectivity index (χ1) is 11.7. The van der Waals surface area contributed by atoms with Crippen molar-refractivity contribution < 1.29 is 0 Å². The van der Waals surface area contributed by atoms with E-state index in [1.807, 2.05) is 25.0 Å². The van der Waals surface area contributed by atoms with Crippen LogP contribution in [0.3, 0.4) is 0 Å². The van der Waals surface area contributed by atoms with Gasteiger partial charge in [-0.3, -0.25) is 9.67 Å². The minimum atomic E-state index is 0. The van der Waals surface area contributed by atoms with Crippen LogP contribution in [0.25, 0.3) is 0 Å². The zero-order chi connectivity index (χ0) is 16.9. The Hall–Kier alpha value is -1.09. The standard InChI is InChI=1S/C18H27N5S.HI/c1-14(17-5-7-24-13-17)9-20-18(19-2)23-6-4-15(12-23)8-16-10-21-22(3)11-16;/h5,7,10-11,13-15H,4,6,8-9,12H2,1-3H3,(H,19,20);1H. The van der Waals surface area contributed by atoms with Gasteiger partial charge in [0.25, 0.3) is 0 Å². The molecule has 25 heavy (non-hydrogen) atoms. The molecule has 1 N–H and O–H groups in total. The number of aromatic nitrogens is 2. The molecule has 0 amide bonds. The second-order valence-corrected chi connectivity index (χ2v) is 7.49. The number of thiophene rings is 1. The van der Waals surface area contributed by atoms with E-state index < -0.39 is 0 Å². The van der Waals surface area contributed by atoms with E-state index in [4.69, 9.17) is 0 Å². The lowest BCUT2D eigenvalue weighted by Gasteiger charge is -2.23. The Balaban J connectivity index is 0.00000225. The average molecular weight is 473 g/mol. The summed E-state index contributed by atoms with van der Waals surface area (Å²) < 4.78 is 1.88. The molecule has 0 aliphatic carbocycles. The molecule has 1 aliphatic heterocycles. The van der Waals surface area contributed by atoms with Gasteiger partial charge in [-0.25, -0.2) is 0 Å². The molecule has 2 aromatic heterocycles. The summed E-state index contributed by atoms with van der Waals surface area (Å²) >= 11 is 1.76. The highest BCUT2D eigenvalue weighted by Gasteiger charge is 2.25. The van der Waals surface area contributed by atoms with Gasteiger partial charge < -0.3 is 10.2 Å². The molecule has 2 unspecified atom stereocenters. The molecule has 1 aliphatic rings.